The Balaban J connectivity index is 1.70. The van der Waals surface area contributed by atoms with E-state index in [1.165, 1.54) is 35.2 Å². The minimum absolute atomic E-state index is 0.0187. The molecule has 4 rings (SSSR count). The van der Waals surface area contributed by atoms with E-state index in [9.17, 15) is 22.4 Å². The Morgan fingerprint density at radius 1 is 0.975 bits per heavy atom. The lowest BCUT2D eigenvalue weighted by atomic mass is 10.1. The lowest BCUT2D eigenvalue weighted by Crippen LogP contribution is -2.52. The zero-order valence-corrected chi connectivity index (χ0v) is 24.2. The minimum atomic E-state index is -4.35. The molecule has 0 heterocycles. The summed E-state index contributed by atoms with van der Waals surface area (Å²) in [6.07, 6.45) is 3.74. The lowest BCUT2D eigenvalue weighted by Gasteiger charge is -2.32. The molecular formula is C29H30Cl2FN3O4S. The van der Waals surface area contributed by atoms with Crippen molar-refractivity contribution in [3.05, 3.63) is 94.2 Å². The average Bonchev–Trinajstić information content (AvgIpc) is 3.45. The summed E-state index contributed by atoms with van der Waals surface area (Å²) in [4.78, 5) is 28.3. The first-order chi connectivity index (χ1) is 19.1. The predicted molar refractivity (Wildman–Crippen MR) is 154 cm³/mol. The van der Waals surface area contributed by atoms with Crippen molar-refractivity contribution in [2.24, 2.45) is 0 Å². The van der Waals surface area contributed by atoms with E-state index >= 15 is 0 Å². The molecule has 1 atom stereocenters. The fraction of sp³-hybridized carbons (Fsp3) is 0.310. The summed E-state index contributed by atoms with van der Waals surface area (Å²) < 4.78 is 43.1. The van der Waals surface area contributed by atoms with Crippen molar-refractivity contribution >= 4 is 50.7 Å². The van der Waals surface area contributed by atoms with Crippen LogP contribution in [-0.4, -0.2) is 43.8 Å². The molecule has 11 heteroatoms. The van der Waals surface area contributed by atoms with Crippen LogP contribution in [0.25, 0.3) is 0 Å². The summed E-state index contributed by atoms with van der Waals surface area (Å²) in [5, 5.41) is 3.60. The molecule has 0 radical (unpaired) electrons. The second kappa shape index (κ2) is 13.0. The van der Waals surface area contributed by atoms with E-state index in [1.54, 1.807) is 43.3 Å². The predicted octanol–water partition coefficient (Wildman–Crippen LogP) is 5.80. The molecule has 212 valence electrons. The van der Waals surface area contributed by atoms with Gasteiger partial charge in [0.2, 0.25) is 11.8 Å². The summed E-state index contributed by atoms with van der Waals surface area (Å²) in [7, 11) is -4.35. The second-order valence-electron chi connectivity index (χ2n) is 9.71. The molecule has 1 saturated carbocycles. The minimum Gasteiger partial charge on any atom is -0.352 e. The van der Waals surface area contributed by atoms with Gasteiger partial charge in [-0.2, -0.15) is 0 Å². The lowest BCUT2D eigenvalue weighted by molar-refractivity contribution is -0.139. The first-order valence-electron chi connectivity index (χ1n) is 12.9. The number of sulfonamides is 1. The highest BCUT2D eigenvalue weighted by molar-refractivity contribution is 7.92. The number of benzene rings is 3. The number of hydrogen-bond donors (Lipinski definition) is 1. The van der Waals surface area contributed by atoms with E-state index in [-0.39, 0.29) is 34.1 Å². The number of rotatable bonds is 10. The number of nitrogens with zero attached hydrogens (tertiary/aromatic N) is 2. The summed E-state index contributed by atoms with van der Waals surface area (Å²) in [6.45, 7) is 0.796. The van der Waals surface area contributed by atoms with Crippen molar-refractivity contribution in [3.8, 4) is 0 Å². The summed E-state index contributed by atoms with van der Waals surface area (Å²) in [5.41, 5.74) is 0.309. The van der Waals surface area contributed by atoms with Crippen molar-refractivity contribution in [3.63, 3.8) is 0 Å². The van der Waals surface area contributed by atoms with Gasteiger partial charge in [0.1, 0.15) is 18.4 Å². The number of anilines is 1. The fourth-order valence-electron chi connectivity index (χ4n) is 4.70. The smallest absolute Gasteiger partial charge is 0.264 e. The Morgan fingerprint density at radius 3 is 2.27 bits per heavy atom. The average molecular weight is 607 g/mol. The zero-order chi connectivity index (χ0) is 28.9. The van der Waals surface area contributed by atoms with Crippen molar-refractivity contribution in [2.75, 3.05) is 10.8 Å². The van der Waals surface area contributed by atoms with Crippen LogP contribution in [0.4, 0.5) is 10.1 Å². The molecule has 0 unspecified atom stereocenters. The molecule has 40 heavy (non-hydrogen) atoms. The van der Waals surface area contributed by atoms with Gasteiger partial charge in [0, 0.05) is 12.6 Å². The van der Waals surface area contributed by atoms with Crippen LogP contribution in [0.1, 0.15) is 38.2 Å². The van der Waals surface area contributed by atoms with Crippen LogP contribution in [-0.2, 0) is 26.2 Å². The quantitative estimate of drug-likeness (QED) is 0.316. The van der Waals surface area contributed by atoms with E-state index in [4.69, 9.17) is 23.2 Å². The molecule has 0 aliphatic heterocycles. The van der Waals surface area contributed by atoms with Crippen LogP contribution in [0.3, 0.4) is 0 Å². The van der Waals surface area contributed by atoms with Crippen molar-refractivity contribution < 1.29 is 22.4 Å². The summed E-state index contributed by atoms with van der Waals surface area (Å²) in [5.74, 6) is -1.86. The zero-order valence-electron chi connectivity index (χ0n) is 21.9. The van der Waals surface area contributed by atoms with Gasteiger partial charge in [-0.3, -0.25) is 13.9 Å². The van der Waals surface area contributed by atoms with Gasteiger partial charge in [-0.15, -0.1) is 0 Å². The van der Waals surface area contributed by atoms with Gasteiger partial charge in [-0.05, 0) is 61.7 Å². The Kier molecular flexibility index (Phi) is 9.71. The standard InChI is InChI=1S/C29H30Cl2FN3O4S/c1-20(29(37)33-22-9-5-6-10-22)34(18-21-15-16-24(30)25(31)17-21)28(36)19-35(27-14-8-7-13-26(27)32)40(38,39)23-11-3-2-4-12-23/h2-4,7-8,11-17,20,22H,5-6,9-10,18-19H2,1H3,(H,33,37)/t20-/m1/s1. The Hall–Kier alpha value is -3.14. The molecule has 1 fully saturated rings. The van der Waals surface area contributed by atoms with Gasteiger partial charge in [0.25, 0.3) is 10.0 Å². The molecule has 7 nitrogen and oxygen atoms in total. The molecule has 0 bridgehead atoms. The third-order valence-corrected chi connectivity index (χ3v) is 9.45. The number of nitrogens with one attached hydrogen (secondary N) is 1. The maximum Gasteiger partial charge on any atom is 0.264 e. The number of hydrogen-bond acceptors (Lipinski definition) is 4. The van der Waals surface area contributed by atoms with Gasteiger partial charge >= 0.3 is 0 Å². The van der Waals surface area contributed by atoms with Gasteiger partial charge in [-0.25, -0.2) is 12.8 Å². The van der Waals surface area contributed by atoms with Crippen LogP contribution in [0.2, 0.25) is 10.0 Å². The first kappa shape index (κ1) is 29.8. The Morgan fingerprint density at radius 2 is 1.62 bits per heavy atom. The molecule has 0 saturated heterocycles. The molecule has 1 aliphatic rings. The third-order valence-electron chi connectivity index (χ3n) is 6.94. The molecule has 1 N–H and O–H groups in total. The van der Waals surface area contributed by atoms with Crippen molar-refractivity contribution in [1.82, 2.24) is 10.2 Å². The largest absolute Gasteiger partial charge is 0.352 e. The molecule has 1 aliphatic carbocycles. The number of amides is 2. The van der Waals surface area contributed by atoms with E-state index in [1.807, 2.05) is 0 Å². The normalized spacial score (nSPS) is 14.5. The van der Waals surface area contributed by atoms with E-state index in [2.05, 4.69) is 5.32 Å². The highest BCUT2D eigenvalue weighted by atomic mass is 35.5. The van der Waals surface area contributed by atoms with Crippen LogP contribution in [0.5, 0.6) is 0 Å². The number of carbonyl (C=O) groups excluding carboxylic acids is 2. The van der Waals surface area contributed by atoms with Crippen molar-refractivity contribution in [2.45, 2.75) is 56.1 Å². The summed E-state index contributed by atoms with van der Waals surface area (Å²) >= 11 is 12.3. The molecule has 3 aromatic rings. The van der Waals surface area contributed by atoms with Crippen LogP contribution in [0.15, 0.2) is 77.7 Å². The van der Waals surface area contributed by atoms with Gasteiger partial charge in [0.05, 0.1) is 20.6 Å². The molecule has 0 spiro atoms. The fourth-order valence-corrected chi connectivity index (χ4v) is 6.46. The SMILES string of the molecule is C[C@H](C(=O)NC1CCCC1)N(Cc1ccc(Cl)c(Cl)c1)C(=O)CN(c1ccccc1F)S(=O)(=O)c1ccccc1. The Bertz CT molecular complexity index is 1470. The van der Waals surface area contributed by atoms with E-state index in [0.29, 0.717) is 10.6 Å². The van der Waals surface area contributed by atoms with E-state index < -0.39 is 34.3 Å². The maximum atomic E-state index is 15.0. The molecular weight excluding hydrogens is 576 g/mol. The van der Waals surface area contributed by atoms with Gasteiger partial charge < -0.3 is 10.2 Å². The Labute approximate surface area is 243 Å². The van der Waals surface area contributed by atoms with Gasteiger partial charge in [-0.1, -0.05) is 72.4 Å². The highest BCUT2D eigenvalue weighted by Crippen LogP contribution is 2.28. The van der Waals surface area contributed by atoms with E-state index in [0.717, 1.165) is 36.1 Å². The monoisotopic (exact) mass is 605 g/mol. The topological polar surface area (TPSA) is 86.8 Å². The third kappa shape index (κ3) is 6.95. The van der Waals surface area contributed by atoms with Gasteiger partial charge in [0.15, 0.2) is 0 Å². The van der Waals surface area contributed by atoms with Crippen LogP contribution < -0.4 is 9.62 Å². The highest BCUT2D eigenvalue weighted by Gasteiger charge is 2.34. The molecule has 0 aromatic heterocycles. The maximum absolute atomic E-state index is 15.0. The summed E-state index contributed by atoms with van der Waals surface area (Å²) in [6, 6.07) is 16.7. The molecule has 3 aromatic carbocycles. The first-order valence-corrected chi connectivity index (χ1v) is 15.1. The number of carbonyl (C=O) groups is 2. The second-order valence-corrected chi connectivity index (χ2v) is 12.4. The van der Waals surface area contributed by atoms with Crippen LogP contribution >= 0.6 is 23.2 Å². The number of halogens is 3. The van der Waals surface area contributed by atoms with Crippen molar-refractivity contribution in [1.29, 1.82) is 0 Å². The van der Waals surface area contributed by atoms with Crippen LogP contribution in [0, 0.1) is 5.82 Å². The number of para-hydroxylation sites is 1. The molecule has 2 amide bonds.